The van der Waals surface area contributed by atoms with Crippen LogP contribution < -0.4 is 10.1 Å². The van der Waals surface area contributed by atoms with Crippen molar-refractivity contribution in [2.45, 2.75) is 33.6 Å². The third kappa shape index (κ3) is 4.01. The lowest BCUT2D eigenvalue weighted by molar-refractivity contribution is -0.139. The molecule has 1 heterocycles. The quantitative estimate of drug-likeness (QED) is 0.753. The molecule has 2 rings (SSSR count). The van der Waals surface area contributed by atoms with Crippen LogP contribution in [0.3, 0.4) is 0 Å². The highest BCUT2D eigenvalue weighted by Crippen LogP contribution is 2.41. The molecule has 0 atom stereocenters. The first-order chi connectivity index (χ1) is 13.4. The molecule has 0 bridgehead atoms. The molecule has 1 aliphatic heterocycles. The molecule has 0 aromatic heterocycles. The van der Waals surface area contributed by atoms with Gasteiger partial charge in [-0.15, -0.1) is 0 Å². The van der Waals surface area contributed by atoms with Gasteiger partial charge in [-0.1, -0.05) is 6.07 Å². The van der Waals surface area contributed by atoms with Gasteiger partial charge >= 0.3 is 11.9 Å². The molecule has 0 radical (unpaired) electrons. The van der Waals surface area contributed by atoms with Gasteiger partial charge in [-0.25, -0.2) is 9.59 Å². The predicted molar refractivity (Wildman–Crippen MR) is 102 cm³/mol. The van der Waals surface area contributed by atoms with Gasteiger partial charge in [-0.05, 0) is 45.4 Å². The van der Waals surface area contributed by atoms with Crippen LogP contribution in [0.15, 0.2) is 40.7 Å². The van der Waals surface area contributed by atoms with Crippen LogP contribution in [0.5, 0.6) is 5.75 Å². The molecule has 1 N–H and O–H groups in total. The number of hydrogen-bond acceptors (Lipinski definition) is 7. The second kappa shape index (κ2) is 9.09. The monoisotopic (exact) mass is 384 g/mol. The second-order valence-electron chi connectivity index (χ2n) is 6.14. The molecule has 0 unspecified atom stereocenters. The average Bonchev–Trinajstić information content (AvgIpc) is 2.67. The van der Waals surface area contributed by atoms with Gasteiger partial charge in [0.2, 0.25) is 0 Å². The van der Waals surface area contributed by atoms with Gasteiger partial charge < -0.3 is 19.5 Å². The molecule has 0 saturated carbocycles. The van der Waals surface area contributed by atoms with Gasteiger partial charge in [0.1, 0.15) is 5.75 Å². The summed E-state index contributed by atoms with van der Waals surface area (Å²) < 4.78 is 15.6. The molecule has 0 fully saturated rings. The number of ether oxygens (including phenoxy) is 3. The number of rotatable bonds is 6. The normalized spacial score (nSPS) is 14.3. The van der Waals surface area contributed by atoms with Gasteiger partial charge in [0.15, 0.2) is 0 Å². The summed E-state index contributed by atoms with van der Waals surface area (Å²) in [6.07, 6.45) is 0. The number of benzene rings is 1. The molecule has 148 valence electrons. The summed E-state index contributed by atoms with van der Waals surface area (Å²) in [5, 5.41) is 12.7. The lowest BCUT2D eigenvalue weighted by atomic mass is 9.78. The molecule has 1 aromatic carbocycles. The van der Waals surface area contributed by atoms with Crippen molar-refractivity contribution in [3.05, 3.63) is 51.9 Å². The summed E-state index contributed by atoms with van der Waals surface area (Å²) in [7, 11) is 1.50. The Morgan fingerprint density at radius 2 is 1.61 bits per heavy atom. The first kappa shape index (κ1) is 21.0. The van der Waals surface area contributed by atoms with E-state index in [1.54, 1.807) is 45.9 Å². The van der Waals surface area contributed by atoms with E-state index in [-0.39, 0.29) is 24.4 Å². The largest absolute Gasteiger partial charge is 0.497 e. The zero-order valence-electron chi connectivity index (χ0n) is 16.7. The lowest BCUT2D eigenvalue weighted by Gasteiger charge is -2.31. The number of dihydropyridines is 1. The van der Waals surface area contributed by atoms with Crippen LogP contribution in [-0.2, 0) is 19.1 Å². The van der Waals surface area contributed by atoms with Crippen LogP contribution >= 0.6 is 0 Å². The summed E-state index contributed by atoms with van der Waals surface area (Å²) in [6.45, 7) is 7.27. The van der Waals surface area contributed by atoms with E-state index in [9.17, 15) is 14.9 Å². The standard InChI is InChI=1S/C21H24N2O5/c1-6-27-20(24)17-12(3)23-13(4)18(21(25)28-7-2)19(17)16-9-8-15(26-5)10-14(16)11-22/h8-10,19,23H,6-7H2,1-5H3. The fraction of sp³-hybridized carbons (Fsp3) is 0.381. The summed E-state index contributed by atoms with van der Waals surface area (Å²) in [4.78, 5) is 25.5. The van der Waals surface area contributed by atoms with E-state index < -0.39 is 17.9 Å². The van der Waals surface area contributed by atoms with Crippen molar-refractivity contribution in [3.63, 3.8) is 0 Å². The number of carbonyl (C=O) groups is 2. The Morgan fingerprint density at radius 1 is 1.07 bits per heavy atom. The van der Waals surface area contributed by atoms with Gasteiger partial charge in [-0.3, -0.25) is 0 Å². The molecule has 7 nitrogen and oxygen atoms in total. The summed E-state index contributed by atoms with van der Waals surface area (Å²) >= 11 is 0. The van der Waals surface area contributed by atoms with Crippen LogP contribution in [0.25, 0.3) is 0 Å². The number of nitrogens with one attached hydrogen (secondary N) is 1. The van der Waals surface area contributed by atoms with Crippen molar-refractivity contribution < 1.29 is 23.8 Å². The number of allylic oxidation sites excluding steroid dienone is 2. The van der Waals surface area contributed by atoms with Gasteiger partial charge in [0.25, 0.3) is 0 Å². The predicted octanol–water partition coefficient (Wildman–Crippen LogP) is 2.93. The Morgan fingerprint density at radius 3 is 2.04 bits per heavy atom. The second-order valence-corrected chi connectivity index (χ2v) is 6.14. The van der Waals surface area contributed by atoms with Gasteiger partial charge in [0.05, 0.1) is 49.0 Å². The summed E-state index contributed by atoms with van der Waals surface area (Å²) in [5.41, 5.74) is 2.49. The molecule has 7 heteroatoms. The van der Waals surface area contributed by atoms with Crippen LogP contribution in [0, 0.1) is 11.3 Å². The maximum absolute atomic E-state index is 12.7. The first-order valence-corrected chi connectivity index (χ1v) is 9.00. The Labute approximate surface area is 164 Å². The summed E-state index contributed by atoms with van der Waals surface area (Å²) in [5.74, 6) is -1.39. The number of esters is 2. The number of carbonyl (C=O) groups excluding carboxylic acids is 2. The highest BCUT2D eigenvalue weighted by molar-refractivity contribution is 6.00. The molecule has 0 spiro atoms. The maximum atomic E-state index is 12.7. The van der Waals surface area contributed by atoms with E-state index >= 15 is 0 Å². The number of nitriles is 1. The Balaban J connectivity index is 2.75. The summed E-state index contributed by atoms with van der Waals surface area (Å²) in [6, 6.07) is 7.08. The van der Waals surface area contributed by atoms with Crippen molar-refractivity contribution >= 4 is 11.9 Å². The average molecular weight is 384 g/mol. The Bertz CT molecular complexity index is 853. The van der Waals surface area contributed by atoms with E-state index in [4.69, 9.17) is 14.2 Å². The van der Waals surface area contributed by atoms with E-state index in [1.807, 2.05) is 0 Å². The van der Waals surface area contributed by atoms with Crippen molar-refractivity contribution in [2.75, 3.05) is 20.3 Å². The fourth-order valence-electron chi connectivity index (χ4n) is 3.27. The van der Waals surface area contributed by atoms with E-state index in [2.05, 4.69) is 11.4 Å². The van der Waals surface area contributed by atoms with Crippen LogP contribution in [-0.4, -0.2) is 32.3 Å². The zero-order chi connectivity index (χ0) is 20.8. The van der Waals surface area contributed by atoms with Crippen molar-refractivity contribution in [1.82, 2.24) is 5.32 Å². The molecule has 1 aliphatic rings. The molecule has 28 heavy (non-hydrogen) atoms. The van der Waals surface area contributed by atoms with Crippen LogP contribution in [0.4, 0.5) is 0 Å². The Kier molecular flexibility index (Phi) is 6.83. The molecule has 0 amide bonds. The number of hydrogen-bond donors (Lipinski definition) is 1. The van der Waals surface area contributed by atoms with E-state index in [1.165, 1.54) is 7.11 Å². The minimum Gasteiger partial charge on any atom is -0.497 e. The zero-order valence-corrected chi connectivity index (χ0v) is 16.7. The number of methoxy groups -OCH3 is 1. The van der Waals surface area contributed by atoms with Crippen molar-refractivity contribution in [3.8, 4) is 11.8 Å². The third-order valence-corrected chi connectivity index (χ3v) is 4.44. The topological polar surface area (TPSA) is 97.7 Å². The highest BCUT2D eigenvalue weighted by Gasteiger charge is 2.39. The Hall–Kier alpha value is -3.27. The minimum atomic E-state index is -0.792. The maximum Gasteiger partial charge on any atom is 0.336 e. The SMILES string of the molecule is CCOC(=O)C1=C(C)NC(C)=C(C(=O)OCC)C1c1ccc(OC)cc1C#N. The molecule has 0 saturated heterocycles. The molecule has 1 aromatic rings. The van der Waals surface area contributed by atoms with Crippen LogP contribution in [0.1, 0.15) is 44.7 Å². The fourth-order valence-corrected chi connectivity index (χ4v) is 3.27. The molecular formula is C21H24N2O5. The van der Waals surface area contributed by atoms with Crippen LogP contribution in [0.2, 0.25) is 0 Å². The van der Waals surface area contributed by atoms with E-state index in [0.717, 1.165) is 0 Å². The smallest absolute Gasteiger partial charge is 0.336 e. The van der Waals surface area contributed by atoms with Crippen molar-refractivity contribution in [1.29, 1.82) is 5.26 Å². The third-order valence-electron chi connectivity index (χ3n) is 4.44. The highest BCUT2D eigenvalue weighted by atomic mass is 16.5. The van der Waals surface area contributed by atoms with E-state index in [0.29, 0.717) is 28.3 Å². The van der Waals surface area contributed by atoms with Gasteiger partial charge in [-0.2, -0.15) is 5.26 Å². The minimum absolute atomic E-state index is 0.188. The van der Waals surface area contributed by atoms with Crippen molar-refractivity contribution in [2.24, 2.45) is 0 Å². The first-order valence-electron chi connectivity index (χ1n) is 9.00. The number of nitrogens with zero attached hydrogens (tertiary/aromatic N) is 1. The van der Waals surface area contributed by atoms with Gasteiger partial charge in [0, 0.05) is 11.4 Å². The molecular weight excluding hydrogens is 360 g/mol. The molecule has 0 aliphatic carbocycles. The lowest BCUT2D eigenvalue weighted by Crippen LogP contribution is -2.33.